The van der Waals surface area contributed by atoms with Gasteiger partial charge in [-0.25, -0.2) is 4.98 Å². The van der Waals surface area contributed by atoms with E-state index in [1.54, 1.807) is 0 Å². The number of hydrogen-bond acceptors (Lipinski definition) is 1. The van der Waals surface area contributed by atoms with Crippen LogP contribution in [0.5, 0.6) is 0 Å². The van der Waals surface area contributed by atoms with Gasteiger partial charge in [-0.2, -0.15) is 0 Å². The van der Waals surface area contributed by atoms with Gasteiger partial charge in [0, 0.05) is 13.6 Å². The number of hydrogen-bond donors (Lipinski definition) is 1. The molecule has 1 N–H and O–H groups in total. The van der Waals surface area contributed by atoms with Gasteiger partial charge in [0.25, 0.3) is 0 Å². The maximum absolute atomic E-state index is 6.17. The maximum Gasteiger partial charge on any atom is 0.138 e. The molecule has 90 valence electrons. The van der Waals surface area contributed by atoms with Crippen molar-refractivity contribution in [1.82, 2.24) is 9.97 Å². The van der Waals surface area contributed by atoms with E-state index in [0.717, 1.165) is 26.9 Å². The molecule has 0 bridgehead atoms. The highest BCUT2D eigenvalue weighted by Crippen LogP contribution is 2.29. The molecule has 0 saturated carbocycles. The minimum Gasteiger partial charge on any atom is -0.338 e. The van der Waals surface area contributed by atoms with Crippen LogP contribution in [0.4, 0.5) is 0 Å². The summed E-state index contributed by atoms with van der Waals surface area (Å²) in [6.07, 6.45) is 0. The molecule has 0 aliphatic carbocycles. The summed E-state index contributed by atoms with van der Waals surface area (Å²) in [6, 6.07) is 12.0. The Kier molecular flexibility index (Phi) is 3.34. The highest BCUT2D eigenvalue weighted by atomic mass is 127. The van der Waals surface area contributed by atoms with E-state index in [2.05, 4.69) is 60.6 Å². The average molecular weight is 433 g/mol. The molecule has 5 heteroatoms. The third kappa shape index (κ3) is 2.29. The van der Waals surface area contributed by atoms with Crippen LogP contribution >= 0.6 is 50.1 Å². The van der Waals surface area contributed by atoms with Gasteiger partial charge < -0.3 is 4.98 Å². The Bertz CT molecular complexity index is 722. The van der Waals surface area contributed by atoms with Crippen LogP contribution in [0.15, 0.2) is 40.9 Å². The molecule has 3 rings (SSSR count). The summed E-state index contributed by atoms with van der Waals surface area (Å²) in [7, 11) is 0. The molecule has 18 heavy (non-hydrogen) atoms. The van der Waals surface area contributed by atoms with Crippen molar-refractivity contribution in [2.75, 3.05) is 0 Å². The van der Waals surface area contributed by atoms with Gasteiger partial charge in [0.2, 0.25) is 0 Å². The number of halogens is 3. The number of nitrogens with zero attached hydrogens (tertiary/aromatic N) is 1. The van der Waals surface area contributed by atoms with Crippen molar-refractivity contribution in [3.63, 3.8) is 0 Å². The van der Waals surface area contributed by atoms with Gasteiger partial charge in [0.1, 0.15) is 11.3 Å². The number of imidazole rings is 1. The van der Waals surface area contributed by atoms with Crippen LogP contribution in [-0.2, 0) is 0 Å². The second-order valence-corrected chi connectivity index (χ2v) is 6.44. The highest BCUT2D eigenvalue weighted by Gasteiger charge is 2.09. The number of nitrogens with one attached hydrogen (secondary N) is 1. The summed E-state index contributed by atoms with van der Waals surface area (Å²) in [5, 5.41) is 0.646. The normalized spacial score (nSPS) is 11.1. The van der Waals surface area contributed by atoms with E-state index < -0.39 is 0 Å². The third-order valence-corrected chi connectivity index (χ3v) is 4.09. The van der Waals surface area contributed by atoms with Crippen LogP contribution in [0.1, 0.15) is 0 Å². The van der Waals surface area contributed by atoms with Crippen molar-refractivity contribution in [2.24, 2.45) is 0 Å². The molecule has 3 aromatic rings. The fourth-order valence-corrected chi connectivity index (χ4v) is 3.00. The van der Waals surface area contributed by atoms with Crippen molar-refractivity contribution < 1.29 is 0 Å². The van der Waals surface area contributed by atoms with Crippen molar-refractivity contribution >= 4 is 61.2 Å². The Labute approximate surface area is 131 Å². The SMILES string of the molecule is Clc1cc(Br)cc2[nH]c(-c3ccc(I)cc3)nc12. The minimum atomic E-state index is 0.646. The van der Waals surface area contributed by atoms with Gasteiger partial charge >= 0.3 is 0 Å². The van der Waals surface area contributed by atoms with Gasteiger partial charge in [-0.15, -0.1) is 0 Å². The smallest absolute Gasteiger partial charge is 0.138 e. The summed E-state index contributed by atoms with van der Waals surface area (Å²) in [5.74, 6) is 0.835. The molecular formula is C13H7BrClIN2. The van der Waals surface area contributed by atoms with E-state index in [4.69, 9.17) is 11.6 Å². The minimum absolute atomic E-state index is 0.646. The van der Waals surface area contributed by atoms with E-state index in [9.17, 15) is 0 Å². The summed E-state index contributed by atoms with van der Waals surface area (Å²) in [5.41, 5.74) is 2.79. The topological polar surface area (TPSA) is 28.7 Å². The summed E-state index contributed by atoms with van der Waals surface area (Å²) < 4.78 is 2.14. The molecule has 0 spiro atoms. The Morgan fingerprint density at radius 3 is 2.61 bits per heavy atom. The Morgan fingerprint density at radius 2 is 1.89 bits per heavy atom. The van der Waals surface area contributed by atoms with Crippen molar-refractivity contribution in [1.29, 1.82) is 0 Å². The third-order valence-electron chi connectivity index (χ3n) is 2.62. The van der Waals surface area contributed by atoms with Gasteiger partial charge in [-0.1, -0.05) is 39.7 Å². The summed E-state index contributed by atoms with van der Waals surface area (Å²) in [4.78, 5) is 7.83. The van der Waals surface area contributed by atoms with Crippen molar-refractivity contribution in [2.45, 2.75) is 0 Å². The number of aromatic amines is 1. The molecule has 2 aromatic carbocycles. The lowest BCUT2D eigenvalue weighted by Gasteiger charge is -1.95. The number of aromatic nitrogens is 2. The second kappa shape index (κ2) is 4.83. The van der Waals surface area contributed by atoms with Crippen LogP contribution in [-0.4, -0.2) is 9.97 Å². The monoisotopic (exact) mass is 432 g/mol. The Balaban J connectivity index is 2.19. The van der Waals surface area contributed by atoms with Crippen molar-refractivity contribution in [3.05, 3.63) is 49.5 Å². The van der Waals surface area contributed by atoms with Crippen LogP contribution in [0.25, 0.3) is 22.4 Å². The number of benzene rings is 2. The van der Waals surface area contributed by atoms with Gasteiger partial charge in [-0.05, 0) is 46.9 Å². The lowest BCUT2D eigenvalue weighted by atomic mass is 10.2. The summed E-state index contributed by atoms with van der Waals surface area (Å²) in [6.45, 7) is 0. The molecule has 0 amide bonds. The maximum atomic E-state index is 6.17. The zero-order valence-corrected chi connectivity index (χ0v) is 13.5. The average Bonchev–Trinajstić information content (AvgIpc) is 2.74. The van der Waals surface area contributed by atoms with Gasteiger partial charge in [0.15, 0.2) is 0 Å². The molecule has 1 heterocycles. The van der Waals surface area contributed by atoms with Crippen LogP contribution < -0.4 is 0 Å². The van der Waals surface area contributed by atoms with E-state index in [1.807, 2.05) is 24.3 Å². The van der Waals surface area contributed by atoms with Crippen LogP contribution in [0.3, 0.4) is 0 Å². The van der Waals surface area contributed by atoms with E-state index >= 15 is 0 Å². The lowest BCUT2D eigenvalue weighted by molar-refractivity contribution is 1.33. The Morgan fingerprint density at radius 1 is 1.17 bits per heavy atom. The fourth-order valence-electron chi connectivity index (χ4n) is 1.79. The molecule has 2 nitrogen and oxygen atoms in total. The molecular weight excluding hydrogens is 426 g/mol. The van der Waals surface area contributed by atoms with E-state index in [-0.39, 0.29) is 0 Å². The predicted octanol–water partition coefficient (Wildman–Crippen LogP) is 5.25. The molecule has 1 aromatic heterocycles. The second-order valence-electron chi connectivity index (χ2n) is 3.88. The first-order valence-electron chi connectivity index (χ1n) is 5.24. The quantitative estimate of drug-likeness (QED) is 0.522. The van der Waals surface area contributed by atoms with Crippen LogP contribution in [0.2, 0.25) is 5.02 Å². The van der Waals surface area contributed by atoms with Crippen LogP contribution in [0, 0.1) is 3.57 Å². The molecule has 0 atom stereocenters. The molecule has 0 radical (unpaired) electrons. The fraction of sp³-hybridized carbons (Fsp3) is 0. The van der Waals surface area contributed by atoms with E-state index in [0.29, 0.717) is 5.02 Å². The van der Waals surface area contributed by atoms with Gasteiger partial charge in [0.05, 0.1) is 10.5 Å². The number of H-pyrrole nitrogens is 1. The molecule has 0 saturated heterocycles. The van der Waals surface area contributed by atoms with Gasteiger partial charge in [-0.3, -0.25) is 0 Å². The molecule has 0 aliphatic rings. The number of rotatable bonds is 1. The first-order chi connectivity index (χ1) is 8.63. The molecule has 0 aliphatic heterocycles. The summed E-state index contributed by atoms with van der Waals surface area (Å²) >= 11 is 11.9. The molecule has 0 unspecified atom stereocenters. The lowest BCUT2D eigenvalue weighted by Crippen LogP contribution is -1.80. The highest BCUT2D eigenvalue weighted by molar-refractivity contribution is 14.1. The first kappa shape index (κ1) is 12.4. The zero-order chi connectivity index (χ0) is 12.7. The standard InChI is InChI=1S/C13H7BrClIN2/c14-8-5-10(15)12-11(6-8)17-13(18-12)7-1-3-9(16)4-2-7/h1-6H,(H,17,18). The number of fused-ring (bicyclic) bond motifs is 1. The largest absolute Gasteiger partial charge is 0.338 e. The zero-order valence-electron chi connectivity index (χ0n) is 9.05. The first-order valence-corrected chi connectivity index (χ1v) is 7.49. The van der Waals surface area contributed by atoms with Crippen molar-refractivity contribution in [3.8, 4) is 11.4 Å². The predicted molar refractivity (Wildman–Crippen MR) is 87.0 cm³/mol. The van der Waals surface area contributed by atoms with E-state index in [1.165, 1.54) is 3.57 Å². The molecule has 0 fully saturated rings. The Hall–Kier alpha value is -0.590.